The van der Waals surface area contributed by atoms with E-state index in [1.54, 1.807) is 30.3 Å². The van der Waals surface area contributed by atoms with Crippen molar-refractivity contribution in [1.82, 2.24) is 10.2 Å². The van der Waals surface area contributed by atoms with Crippen LogP contribution in [0.15, 0.2) is 53.2 Å². The number of urea groups is 1. The van der Waals surface area contributed by atoms with Crippen LogP contribution < -0.4 is 14.8 Å². The molecule has 2 heterocycles. The molecule has 1 N–H and O–H groups in total. The van der Waals surface area contributed by atoms with E-state index in [2.05, 4.69) is 11.9 Å². The fourth-order valence-electron chi connectivity index (χ4n) is 3.02. The summed E-state index contributed by atoms with van der Waals surface area (Å²) in [6, 6.07) is 5.90. The van der Waals surface area contributed by atoms with Crippen molar-refractivity contribution in [1.29, 1.82) is 0 Å². The van der Waals surface area contributed by atoms with E-state index in [0.717, 1.165) is 10.5 Å². The van der Waals surface area contributed by atoms with Crippen molar-refractivity contribution in [2.24, 2.45) is 0 Å². The first-order valence-electron chi connectivity index (χ1n) is 8.75. The van der Waals surface area contributed by atoms with Gasteiger partial charge in [-0.05, 0) is 42.3 Å². The summed E-state index contributed by atoms with van der Waals surface area (Å²) in [6.07, 6.45) is 5.05. The van der Waals surface area contributed by atoms with Gasteiger partial charge < -0.3 is 13.9 Å². The second kappa shape index (κ2) is 8.47. The van der Waals surface area contributed by atoms with Gasteiger partial charge in [-0.25, -0.2) is 4.79 Å². The minimum Gasteiger partial charge on any atom is -0.493 e. The standard InChI is InChI=1S/C21H20N2O6/c1-4-6-14-9-13(11-17(27-2)18(14)28-3)10-16-19(24)22-21(26)23(20(16)25)12-15-7-5-8-29-15/h4-5,7-11H,1,6,12H2,2-3H3,(H,22,24,26)/b16-10+. The van der Waals surface area contributed by atoms with Crippen molar-refractivity contribution < 1.29 is 28.3 Å². The van der Waals surface area contributed by atoms with Crippen molar-refractivity contribution in [2.45, 2.75) is 13.0 Å². The number of benzene rings is 1. The molecule has 8 heteroatoms. The minimum absolute atomic E-state index is 0.0874. The quantitative estimate of drug-likeness (QED) is 0.439. The lowest BCUT2D eigenvalue weighted by Gasteiger charge is -2.25. The third-order valence-electron chi connectivity index (χ3n) is 4.33. The van der Waals surface area contributed by atoms with E-state index >= 15 is 0 Å². The number of barbiturate groups is 1. The molecule has 4 amide bonds. The Kier molecular flexibility index (Phi) is 5.82. The maximum absolute atomic E-state index is 12.8. The summed E-state index contributed by atoms with van der Waals surface area (Å²) >= 11 is 0. The van der Waals surface area contributed by atoms with Gasteiger partial charge in [-0.1, -0.05) is 6.08 Å². The van der Waals surface area contributed by atoms with E-state index in [9.17, 15) is 14.4 Å². The van der Waals surface area contributed by atoms with Crippen LogP contribution in [0.5, 0.6) is 11.5 Å². The van der Waals surface area contributed by atoms with Gasteiger partial charge in [0.25, 0.3) is 11.8 Å². The third kappa shape index (κ3) is 4.06. The molecule has 1 fully saturated rings. The first kappa shape index (κ1) is 19.9. The van der Waals surface area contributed by atoms with E-state index in [1.807, 2.05) is 0 Å². The monoisotopic (exact) mass is 396 g/mol. The normalized spacial score (nSPS) is 15.4. The van der Waals surface area contributed by atoms with Gasteiger partial charge in [-0.15, -0.1) is 6.58 Å². The summed E-state index contributed by atoms with van der Waals surface area (Å²) < 4.78 is 16.0. The molecular formula is C21H20N2O6. The molecule has 0 saturated carbocycles. The number of amides is 4. The number of nitrogens with one attached hydrogen (secondary N) is 1. The van der Waals surface area contributed by atoms with Gasteiger partial charge in [-0.2, -0.15) is 0 Å². The summed E-state index contributed by atoms with van der Waals surface area (Å²) in [5.41, 5.74) is 1.15. The average Bonchev–Trinajstić information content (AvgIpc) is 3.21. The number of rotatable bonds is 7. The zero-order chi connectivity index (χ0) is 21.0. The molecule has 0 unspecified atom stereocenters. The second-order valence-corrected chi connectivity index (χ2v) is 6.20. The molecule has 2 aromatic rings. The van der Waals surface area contributed by atoms with Gasteiger partial charge in [-0.3, -0.25) is 19.8 Å². The third-order valence-corrected chi connectivity index (χ3v) is 4.33. The fraction of sp³-hybridized carbons (Fsp3) is 0.190. The van der Waals surface area contributed by atoms with Crippen LogP contribution in [0.2, 0.25) is 0 Å². The maximum atomic E-state index is 12.8. The number of hydrogen-bond donors (Lipinski definition) is 1. The molecule has 0 spiro atoms. The van der Waals surface area contributed by atoms with E-state index in [0.29, 0.717) is 29.2 Å². The summed E-state index contributed by atoms with van der Waals surface area (Å²) in [5.74, 6) is -0.0676. The first-order valence-corrected chi connectivity index (χ1v) is 8.75. The van der Waals surface area contributed by atoms with Crippen molar-refractivity contribution in [3.05, 3.63) is 65.6 Å². The molecule has 0 radical (unpaired) electrons. The number of allylic oxidation sites excluding steroid dienone is 1. The predicted molar refractivity (Wildman–Crippen MR) is 104 cm³/mol. The Hall–Kier alpha value is -3.81. The maximum Gasteiger partial charge on any atom is 0.331 e. The number of hydrogen-bond acceptors (Lipinski definition) is 6. The summed E-state index contributed by atoms with van der Waals surface area (Å²) in [6.45, 7) is 3.64. The molecular weight excluding hydrogens is 376 g/mol. The Morgan fingerprint density at radius 2 is 2.00 bits per heavy atom. The second-order valence-electron chi connectivity index (χ2n) is 6.20. The van der Waals surface area contributed by atoms with Gasteiger partial charge in [0.15, 0.2) is 11.5 Å². The average molecular weight is 396 g/mol. The topological polar surface area (TPSA) is 98.1 Å². The zero-order valence-corrected chi connectivity index (χ0v) is 16.1. The lowest BCUT2D eigenvalue weighted by atomic mass is 10.0. The number of methoxy groups -OCH3 is 2. The first-order chi connectivity index (χ1) is 14.0. The largest absolute Gasteiger partial charge is 0.493 e. The molecule has 0 atom stereocenters. The summed E-state index contributed by atoms with van der Waals surface area (Å²) in [7, 11) is 3.02. The number of carbonyl (C=O) groups excluding carboxylic acids is 3. The van der Waals surface area contributed by atoms with Crippen LogP contribution in [0.1, 0.15) is 16.9 Å². The summed E-state index contributed by atoms with van der Waals surface area (Å²) in [5, 5.41) is 2.18. The van der Waals surface area contributed by atoms with Crippen LogP contribution in [-0.2, 0) is 22.6 Å². The highest BCUT2D eigenvalue weighted by atomic mass is 16.5. The van der Waals surface area contributed by atoms with Crippen molar-refractivity contribution >= 4 is 23.9 Å². The molecule has 1 aliphatic rings. The highest BCUT2D eigenvalue weighted by Gasteiger charge is 2.36. The van der Waals surface area contributed by atoms with E-state index in [1.165, 1.54) is 26.6 Å². The predicted octanol–water partition coefficient (Wildman–Crippen LogP) is 2.69. The van der Waals surface area contributed by atoms with Crippen molar-refractivity contribution in [3.8, 4) is 11.5 Å². The van der Waals surface area contributed by atoms with Gasteiger partial charge >= 0.3 is 6.03 Å². The summed E-state index contributed by atoms with van der Waals surface area (Å²) in [4.78, 5) is 38.2. The molecule has 8 nitrogen and oxygen atoms in total. The SMILES string of the molecule is C=CCc1cc(/C=C2\C(=O)NC(=O)N(Cc3ccco3)C2=O)cc(OC)c1OC. The molecule has 150 valence electrons. The molecule has 1 aromatic heterocycles. The van der Waals surface area contributed by atoms with Gasteiger partial charge in [0, 0.05) is 5.56 Å². The Balaban J connectivity index is 2.00. The highest BCUT2D eigenvalue weighted by molar-refractivity contribution is 6.30. The molecule has 0 bridgehead atoms. The molecule has 0 aliphatic carbocycles. The Labute approximate surface area is 167 Å². The molecule has 3 rings (SSSR count). The number of carbonyl (C=O) groups is 3. The number of furan rings is 1. The van der Waals surface area contributed by atoms with Crippen LogP contribution in [0, 0.1) is 0 Å². The highest BCUT2D eigenvalue weighted by Crippen LogP contribution is 2.34. The number of ether oxygens (including phenoxy) is 2. The molecule has 1 aliphatic heterocycles. The van der Waals surface area contributed by atoms with Crippen LogP contribution in [-0.4, -0.2) is 37.0 Å². The van der Waals surface area contributed by atoms with Crippen LogP contribution in [0.3, 0.4) is 0 Å². The van der Waals surface area contributed by atoms with Crippen LogP contribution >= 0.6 is 0 Å². The Bertz CT molecular complexity index is 991. The smallest absolute Gasteiger partial charge is 0.331 e. The van der Waals surface area contributed by atoms with Crippen molar-refractivity contribution in [2.75, 3.05) is 14.2 Å². The Morgan fingerprint density at radius 3 is 2.62 bits per heavy atom. The zero-order valence-electron chi connectivity index (χ0n) is 16.1. The van der Waals surface area contributed by atoms with E-state index in [4.69, 9.17) is 13.9 Å². The molecule has 29 heavy (non-hydrogen) atoms. The number of nitrogens with zero attached hydrogens (tertiary/aromatic N) is 1. The van der Waals surface area contributed by atoms with E-state index in [-0.39, 0.29) is 12.1 Å². The van der Waals surface area contributed by atoms with Crippen molar-refractivity contribution in [3.63, 3.8) is 0 Å². The number of imide groups is 2. The lowest BCUT2D eigenvalue weighted by Crippen LogP contribution is -2.53. The van der Waals surface area contributed by atoms with Gasteiger partial charge in [0.2, 0.25) is 0 Å². The molecule has 1 saturated heterocycles. The lowest BCUT2D eigenvalue weighted by molar-refractivity contribution is -0.130. The van der Waals surface area contributed by atoms with Gasteiger partial charge in [0.05, 0.1) is 27.0 Å². The van der Waals surface area contributed by atoms with E-state index < -0.39 is 17.8 Å². The van der Waals surface area contributed by atoms with Gasteiger partial charge in [0.1, 0.15) is 11.3 Å². The van der Waals surface area contributed by atoms with Crippen LogP contribution in [0.4, 0.5) is 4.79 Å². The minimum atomic E-state index is -0.798. The fourth-order valence-corrected chi connectivity index (χ4v) is 3.02. The Morgan fingerprint density at radius 1 is 1.21 bits per heavy atom. The molecule has 1 aromatic carbocycles. The van der Waals surface area contributed by atoms with Crippen LogP contribution in [0.25, 0.3) is 6.08 Å².